The van der Waals surface area contributed by atoms with Crippen molar-refractivity contribution in [3.8, 4) is 0 Å². The van der Waals surface area contributed by atoms with Crippen molar-refractivity contribution in [1.82, 2.24) is 0 Å². The molecule has 1 aliphatic heterocycles. The number of ether oxygens (including phenoxy) is 3. The van der Waals surface area contributed by atoms with E-state index in [-0.39, 0.29) is 6.61 Å². The van der Waals surface area contributed by atoms with Gasteiger partial charge in [0.1, 0.15) is 6.61 Å². The Morgan fingerprint density at radius 2 is 2.11 bits per heavy atom. The third-order valence-electron chi connectivity index (χ3n) is 2.65. The first-order valence-corrected chi connectivity index (χ1v) is 6.14. The van der Waals surface area contributed by atoms with E-state index in [9.17, 15) is 9.59 Å². The van der Waals surface area contributed by atoms with Crippen LogP contribution in [0.4, 0.5) is 0 Å². The van der Waals surface area contributed by atoms with Crippen LogP contribution in [0.5, 0.6) is 0 Å². The predicted octanol–water partition coefficient (Wildman–Crippen LogP) is 1.98. The SMILES string of the molecule is C=CC(=O)OC1OC1(COC(=O)C(=C)C)CC(C)C. The van der Waals surface area contributed by atoms with Gasteiger partial charge in [-0.3, -0.25) is 0 Å². The maximum atomic E-state index is 11.4. The minimum Gasteiger partial charge on any atom is -0.459 e. The van der Waals surface area contributed by atoms with Crippen LogP contribution >= 0.6 is 0 Å². The third-order valence-corrected chi connectivity index (χ3v) is 2.65. The lowest BCUT2D eigenvalue weighted by atomic mass is 9.97. The summed E-state index contributed by atoms with van der Waals surface area (Å²) in [4.78, 5) is 22.5. The highest BCUT2D eigenvalue weighted by molar-refractivity contribution is 5.87. The highest BCUT2D eigenvalue weighted by atomic mass is 16.8. The molecule has 1 heterocycles. The van der Waals surface area contributed by atoms with E-state index >= 15 is 0 Å². The van der Waals surface area contributed by atoms with Crippen LogP contribution in [-0.4, -0.2) is 30.4 Å². The number of esters is 2. The normalized spacial score (nSPS) is 24.7. The molecule has 0 amide bonds. The quantitative estimate of drug-likeness (QED) is 0.401. The van der Waals surface area contributed by atoms with Crippen LogP contribution in [0.3, 0.4) is 0 Å². The molecular formula is C14H20O5. The van der Waals surface area contributed by atoms with Crippen LogP contribution in [0.2, 0.25) is 0 Å². The molecule has 0 aromatic rings. The molecule has 5 heteroatoms. The van der Waals surface area contributed by atoms with Crippen LogP contribution < -0.4 is 0 Å². The summed E-state index contributed by atoms with van der Waals surface area (Å²) >= 11 is 0. The summed E-state index contributed by atoms with van der Waals surface area (Å²) in [6.07, 6.45) is 1.02. The van der Waals surface area contributed by atoms with E-state index in [0.717, 1.165) is 6.08 Å². The van der Waals surface area contributed by atoms with Crippen molar-refractivity contribution in [3.63, 3.8) is 0 Å². The smallest absolute Gasteiger partial charge is 0.333 e. The Bertz CT molecular complexity index is 399. The van der Waals surface area contributed by atoms with Crippen LogP contribution in [0.1, 0.15) is 27.2 Å². The number of rotatable bonds is 7. The first-order chi connectivity index (χ1) is 8.80. The fourth-order valence-electron chi connectivity index (χ4n) is 1.77. The molecule has 0 aliphatic carbocycles. The molecule has 5 nitrogen and oxygen atoms in total. The standard InChI is InChI=1S/C14H20O5/c1-6-11(15)18-13-14(19-13,7-9(2)3)8-17-12(16)10(4)5/h6,9,13H,1,4,7-8H2,2-3,5H3. The van der Waals surface area contributed by atoms with Crippen molar-refractivity contribution in [1.29, 1.82) is 0 Å². The topological polar surface area (TPSA) is 65.1 Å². The predicted molar refractivity (Wildman–Crippen MR) is 69.1 cm³/mol. The Morgan fingerprint density at radius 1 is 1.47 bits per heavy atom. The first kappa shape index (κ1) is 15.4. The molecule has 0 bridgehead atoms. The van der Waals surface area contributed by atoms with Crippen molar-refractivity contribution in [2.24, 2.45) is 5.92 Å². The summed E-state index contributed by atoms with van der Waals surface area (Å²) in [6, 6.07) is 0. The summed E-state index contributed by atoms with van der Waals surface area (Å²) in [5.74, 6) is -0.717. The van der Waals surface area contributed by atoms with Crippen molar-refractivity contribution in [2.45, 2.75) is 39.1 Å². The van der Waals surface area contributed by atoms with Gasteiger partial charge in [-0.2, -0.15) is 0 Å². The fourth-order valence-corrected chi connectivity index (χ4v) is 1.77. The molecule has 0 spiro atoms. The molecule has 106 valence electrons. The van der Waals surface area contributed by atoms with Gasteiger partial charge in [-0.25, -0.2) is 9.59 Å². The van der Waals surface area contributed by atoms with Crippen LogP contribution in [0.25, 0.3) is 0 Å². The molecular weight excluding hydrogens is 248 g/mol. The van der Waals surface area contributed by atoms with Crippen molar-refractivity contribution in [3.05, 3.63) is 24.8 Å². The third kappa shape index (κ3) is 4.21. The molecule has 1 saturated heterocycles. The Morgan fingerprint density at radius 3 is 2.58 bits per heavy atom. The maximum absolute atomic E-state index is 11.4. The second kappa shape index (κ2) is 6.02. The van der Waals surface area contributed by atoms with E-state index < -0.39 is 23.8 Å². The van der Waals surface area contributed by atoms with Crippen LogP contribution in [0, 0.1) is 5.92 Å². The Hall–Kier alpha value is -1.62. The maximum Gasteiger partial charge on any atom is 0.333 e. The summed E-state index contributed by atoms with van der Waals surface area (Å²) in [6.45, 7) is 12.5. The van der Waals surface area contributed by atoms with E-state index in [0.29, 0.717) is 17.9 Å². The Balaban J connectivity index is 2.59. The molecule has 0 aromatic carbocycles. The molecule has 0 radical (unpaired) electrons. The average molecular weight is 268 g/mol. The lowest BCUT2D eigenvalue weighted by Crippen LogP contribution is -2.28. The largest absolute Gasteiger partial charge is 0.459 e. The van der Waals surface area contributed by atoms with Crippen LogP contribution in [0.15, 0.2) is 24.8 Å². The molecule has 2 atom stereocenters. The van der Waals surface area contributed by atoms with Crippen molar-refractivity contribution < 1.29 is 23.8 Å². The Kier molecular flexibility index (Phi) is 4.89. The fraction of sp³-hybridized carbons (Fsp3) is 0.571. The number of carbonyl (C=O) groups is 2. The van der Waals surface area contributed by atoms with Gasteiger partial charge in [0, 0.05) is 11.6 Å². The number of hydrogen-bond acceptors (Lipinski definition) is 5. The van der Waals surface area contributed by atoms with E-state index in [2.05, 4.69) is 13.2 Å². The first-order valence-electron chi connectivity index (χ1n) is 6.14. The van der Waals surface area contributed by atoms with Gasteiger partial charge in [0.15, 0.2) is 5.60 Å². The second-order valence-corrected chi connectivity index (χ2v) is 5.11. The lowest BCUT2D eigenvalue weighted by Gasteiger charge is -2.15. The molecule has 2 unspecified atom stereocenters. The van der Waals surface area contributed by atoms with E-state index in [1.54, 1.807) is 6.92 Å². The molecule has 19 heavy (non-hydrogen) atoms. The molecule has 0 N–H and O–H groups in total. The van der Waals surface area contributed by atoms with E-state index in [1.807, 2.05) is 13.8 Å². The van der Waals surface area contributed by atoms with Crippen molar-refractivity contribution >= 4 is 11.9 Å². The average Bonchev–Trinajstić information content (AvgIpc) is 2.97. The summed E-state index contributed by atoms with van der Waals surface area (Å²) in [5.41, 5.74) is -0.419. The molecule has 1 aliphatic rings. The number of carbonyl (C=O) groups excluding carboxylic acids is 2. The van der Waals surface area contributed by atoms with Gasteiger partial charge in [0.2, 0.25) is 6.29 Å². The van der Waals surface area contributed by atoms with E-state index in [4.69, 9.17) is 14.2 Å². The lowest BCUT2D eigenvalue weighted by molar-refractivity contribution is -0.142. The Labute approximate surface area is 113 Å². The second-order valence-electron chi connectivity index (χ2n) is 5.11. The number of epoxide rings is 1. The summed E-state index contributed by atoms with van der Waals surface area (Å²) in [5, 5.41) is 0. The molecule has 1 rings (SSSR count). The van der Waals surface area contributed by atoms with Gasteiger partial charge in [0.05, 0.1) is 0 Å². The highest BCUT2D eigenvalue weighted by Gasteiger charge is 2.60. The van der Waals surface area contributed by atoms with E-state index in [1.165, 1.54) is 0 Å². The molecule has 1 fully saturated rings. The van der Waals surface area contributed by atoms with Gasteiger partial charge in [-0.15, -0.1) is 0 Å². The van der Waals surface area contributed by atoms with Gasteiger partial charge in [0.25, 0.3) is 0 Å². The zero-order valence-corrected chi connectivity index (χ0v) is 11.6. The zero-order chi connectivity index (χ0) is 14.6. The van der Waals surface area contributed by atoms with Gasteiger partial charge < -0.3 is 14.2 Å². The summed E-state index contributed by atoms with van der Waals surface area (Å²) in [7, 11) is 0. The number of hydrogen-bond donors (Lipinski definition) is 0. The van der Waals surface area contributed by atoms with Gasteiger partial charge >= 0.3 is 11.9 Å². The van der Waals surface area contributed by atoms with Gasteiger partial charge in [-0.1, -0.05) is 27.0 Å². The minimum absolute atomic E-state index is 0.0476. The summed E-state index contributed by atoms with van der Waals surface area (Å²) < 4.78 is 15.5. The van der Waals surface area contributed by atoms with Crippen molar-refractivity contribution in [2.75, 3.05) is 6.61 Å². The zero-order valence-electron chi connectivity index (χ0n) is 11.6. The molecule has 0 aromatic heterocycles. The molecule has 0 saturated carbocycles. The van der Waals surface area contributed by atoms with Crippen LogP contribution in [-0.2, 0) is 23.8 Å². The van der Waals surface area contributed by atoms with Gasteiger partial charge in [-0.05, 0) is 19.3 Å². The minimum atomic E-state index is -0.738. The monoisotopic (exact) mass is 268 g/mol. The highest BCUT2D eigenvalue weighted by Crippen LogP contribution is 2.43.